The fraction of sp³-hybridized carbons (Fsp3) is 0.579. The van der Waals surface area contributed by atoms with Gasteiger partial charge in [0.05, 0.1) is 18.0 Å². The van der Waals surface area contributed by atoms with E-state index in [2.05, 4.69) is 10.6 Å². The molecule has 0 radical (unpaired) electrons. The lowest BCUT2D eigenvalue weighted by atomic mass is 10.1. The van der Waals surface area contributed by atoms with Crippen LogP contribution in [0.1, 0.15) is 32.3 Å². The number of rotatable bonds is 7. The first kappa shape index (κ1) is 23.2. The minimum Gasteiger partial charge on any atom is -0.360 e. The Morgan fingerprint density at radius 1 is 1.28 bits per heavy atom. The highest BCUT2D eigenvalue weighted by Crippen LogP contribution is 2.23. The van der Waals surface area contributed by atoms with E-state index in [1.807, 2.05) is 13.8 Å². The first-order valence-corrected chi connectivity index (χ1v) is 11.0. The summed E-state index contributed by atoms with van der Waals surface area (Å²) in [6.45, 7) is 6.23. The fourth-order valence-corrected chi connectivity index (χ4v) is 4.48. The summed E-state index contributed by atoms with van der Waals surface area (Å²) in [6, 6.07) is 3.56. The highest BCUT2D eigenvalue weighted by molar-refractivity contribution is 7.89. The molecule has 1 aliphatic heterocycles. The Hall–Kier alpha value is -2.04. The van der Waals surface area contributed by atoms with E-state index in [4.69, 9.17) is 4.74 Å². The Morgan fingerprint density at radius 3 is 2.62 bits per heavy atom. The lowest BCUT2D eigenvalue weighted by molar-refractivity contribution is -0.140. The second-order valence-corrected chi connectivity index (χ2v) is 9.24. The third-order valence-corrected chi connectivity index (χ3v) is 6.43. The Bertz CT molecular complexity index is 844. The first-order valence-electron chi connectivity index (χ1n) is 9.58. The van der Waals surface area contributed by atoms with Crippen LogP contribution < -0.4 is 10.6 Å². The maximum atomic E-state index is 13.5. The van der Waals surface area contributed by atoms with Gasteiger partial charge >= 0.3 is 11.8 Å². The zero-order valence-electron chi connectivity index (χ0n) is 16.9. The number of benzene rings is 1. The molecule has 1 atom stereocenters. The minimum absolute atomic E-state index is 0.0512. The van der Waals surface area contributed by atoms with Crippen LogP contribution in [0.15, 0.2) is 23.1 Å². The monoisotopic (exact) mass is 429 g/mol. The number of nitrogens with one attached hydrogen (secondary N) is 2. The number of carbonyl (C=O) groups excluding carboxylic acids is 2. The van der Waals surface area contributed by atoms with Crippen LogP contribution in [0, 0.1) is 18.7 Å². The van der Waals surface area contributed by atoms with Gasteiger partial charge in [-0.3, -0.25) is 9.59 Å². The van der Waals surface area contributed by atoms with Crippen LogP contribution in [0.5, 0.6) is 0 Å². The summed E-state index contributed by atoms with van der Waals surface area (Å²) in [5.74, 6) is -1.73. The van der Waals surface area contributed by atoms with E-state index >= 15 is 0 Å². The summed E-state index contributed by atoms with van der Waals surface area (Å²) in [4.78, 5) is 23.8. The zero-order chi connectivity index (χ0) is 21.6. The normalized spacial score (nSPS) is 17.9. The van der Waals surface area contributed by atoms with Gasteiger partial charge in [-0.1, -0.05) is 13.8 Å². The number of ether oxygens (including phenoxy) is 1. The maximum absolute atomic E-state index is 13.5. The van der Waals surface area contributed by atoms with Crippen LogP contribution in [-0.4, -0.2) is 57.0 Å². The van der Waals surface area contributed by atoms with Crippen LogP contribution in [0.3, 0.4) is 0 Å². The molecule has 0 aromatic heterocycles. The van der Waals surface area contributed by atoms with Crippen molar-refractivity contribution in [1.82, 2.24) is 14.9 Å². The van der Waals surface area contributed by atoms with E-state index in [1.54, 1.807) is 0 Å². The molecule has 1 aromatic rings. The molecule has 10 heteroatoms. The summed E-state index contributed by atoms with van der Waals surface area (Å²) in [6.07, 6.45) is 0.277. The first-order chi connectivity index (χ1) is 13.6. The number of sulfonamides is 1. The van der Waals surface area contributed by atoms with Gasteiger partial charge in [-0.25, -0.2) is 12.8 Å². The average Bonchev–Trinajstić information content (AvgIpc) is 2.67. The third kappa shape index (κ3) is 6.22. The highest BCUT2D eigenvalue weighted by atomic mass is 32.2. The van der Waals surface area contributed by atoms with Crippen molar-refractivity contribution in [3.05, 3.63) is 29.6 Å². The van der Waals surface area contributed by atoms with E-state index < -0.39 is 33.9 Å². The molecule has 29 heavy (non-hydrogen) atoms. The lowest BCUT2D eigenvalue weighted by Gasteiger charge is -2.34. The zero-order valence-corrected chi connectivity index (χ0v) is 17.7. The number of hydrogen-bond acceptors (Lipinski definition) is 5. The van der Waals surface area contributed by atoms with Crippen molar-refractivity contribution in [1.29, 1.82) is 0 Å². The van der Waals surface area contributed by atoms with Gasteiger partial charge in [0.1, 0.15) is 12.0 Å². The van der Waals surface area contributed by atoms with E-state index in [0.29, 0.717) is 25.5 Å². The van der Waals surface area contributed by atoms with Gasteiger partial charge in [-0.05, 0) is 49.4 Å². The number of amides is 2. The molecule has 0 saturated carbocycles. The van der Waals surface area contributed by atoms with Crippen LogP contribution in [0.2, 0.25) is 0 Å². The molecule has 1 heterocycles. The number of carbonyl (C=O) groups is 2. The Kier molecular flexibility index (Phi) is 8.12. The molecule has 2 N–H and O–H groups in total. The summed E-state index contributed by atoms with van der Waals surface area (Å²) in [5, 5.41) is 4.94. The Balaban J connectivity index is 2.02. The minimum atomic E-state index is -3.95. The molecular formula is C19H28FN3O5S. The molecule has 0 bridgehead atoms. The van der Waals surface area contributed by atoms with Crippen LogP contribution in [0.4, 0.5) is 4.39 Å². The largest absolute Gasteiger partial charge is 0.360 e. The van der Waals surface area contributed by atoms with Crippen molar-refractivity contribution in [3.8, 4) is 0 Å². The molecule has 0 spiro atoms. The number of halogens is 1. The Morgan fingerprint density at radius 2 is 1.97 bits per heavy atom. The van der Waals surface area contributed by atoms with Crippen molar-refractivity contribution in [2.75, 3.05) is 26.2 Å². The van der Waals surface area contributed by atoms with Crippen LogP contribution >= 0.6 is 0 Å². The van der Waals surface area contributed by atoms with Gasteiger partial charge in [0.25, 0.3) is 0 Å². The van der Waals surface area contributed by atoms with Gasteiger partial charge in [-0.15, -0.1) is 0 Å². The number of nitrogens with zero attached hydrogens (tertiary/aromatic N) is 1. The molecule has 0 unspecified atom stereocenters. The van der Waals surface area contributed by atoms with E-state index in [-0.39, 0.29) is 23.5 Å². The van der Waals surface area contributed by atoms with E-state index in [1.165, 1.54) is 19.1 Å². The molecule has 1 aliphatic rings. The topological polar surface area (TPSA) is 105 Å². The molecule has 1 saturated heterocycles. The molecule has 0 aliphatic carbocycles. The number of hydrogen-bond donors (Lipinski definition) is 2. The number of aryl methyl sites for hydroxylation is 1. The summed E-state index contributed by atoms with van der Waals surface area (Å²) >= 11 is 0. The second kappa shape index (κ2) is 10.1. The van der Waals surface area contributed by atoms with E-state index in [9.17, 15) is 22.4 Å². The summed E-state index contributed by atoms with van der Waals surface area (Å²) in [7, 11) is -3.95. The van der Waals surface area contributed by atoms with Crippen molar-refractivity contribution in [3.63, 3.8) is 0 Å². The van der Waals surface area contributed by atoms with E-state index in [0.717, 1.165) is 16.8 Å². The lowest BCUT2D eigenvalue weighted by Crippen LogP contribution is -2.53. The fourth-order valence-electron chi connectivity index (χ4n) is 2.83. The molecule has 8 nitrogen and oxygen atoms in total. The van der Waals surface area contributed by atoms with Gasteiger partial charge < -0.3 is 15.4 Å². The predicted molar refractivity (Wildman–Crippen MR) is 105 cm³/mol. The second-order valence-electron chi connectivity index (χ2n) is 7.35. The molecule has 162 valence electrons. The molecule has 1 fully saturated rings. The van der Waals surface area contributed by atoms with Gasteiger partial charge in [-0.2, -0.15) is 4.31 Å². The smallest absolute Gasteiger partial charge is 0.309 e. The van der Waals surface area contributed by atoms with Gasteiger partial charge in [0, 0.05) is 13.1 Å². The maximum Gasteiger partial charge on any atom is 0.309 e. The van der Waals surface area contributed by atoms with Crippen molar-refractivity contribution >= 4 is 21.8 Å². The molecule has 2 amide bonds. The van der Waals surface area contributed by atoms with Crippen molar-refractivity contribution in [2.24, 2.45) is 5.92 Å². The van der Waals surface area contributed by atoms with Gasteiger partial charge in [0.2, 0.25) is 10.0 Å². The summed E-state index contributed by atoms with van der Waals surface area (Å²) < 4.78 is 46.1. The SMILES string of the molecule is Cc1cc(S(=O)(=O)N2CCCO[C@H]2CNC(=O)C(=O)NCCC(C)C)ccc1F. The predicted octanol–water partition coefficient (Wildman–Crippen LogP) is 1.15. The molecule has 2 rings (SSSR count). The summed E-state index contributed by atoms with van der Waals surface area (Å²) in [5.41, 5.74) is 0.215. The standard InChI is InChI=1S/C19H28FN3O5S/c1-13(2)7-8-21-18(24)19(25)22-12-17-23(9-4-10-28-17)29(26,27)15-5-6-16(20)14(3)11-15/h5-6,11,13,17H,4,7-10,12H2,1-3H3,(H,21,24)(H,22,25)/t17-/m0/s1. The van der Waals surface area contributed by atoms with Gasteiger partial charge in [0.15, 0.2) is 0 Å². The highest BCUT2D eigenvalue weighted by Gasteiger charge is 2.35. The molecule has 1 aromatic carbocycles. The molecular weight excluding hydrogens is 401 g/mol. The quantitative estimate of drug-likeness (QED) is 0.633. The van der Waals surface area contributed by atoms with Crippen molar-refractivity contribution < 1.29 is 27.1 Å². The third-order valence-electron chi connectivity index (χ3n) is 4.54. The Labute approximate surface area is 170 Å². The van der Waals surface area contributed by atoms with Crippen LogP contribution in [-0.2, 0) is 24.3 Å². The van der Waals surface area contributed by atoms with Crippen molar-refractivity contribution in [2.45, 2.75) is 44.7 Å². The average molecular weight is 430 g/mol. The van der Waals surface area contributed by atoms with Crippen LogP contribution in [0.25, 0.3) is 0 Å².